The molecule has 3 heterocycles. The smallest absolute Gasteiger partial charge is 0.245 e. The first kappa shape index (κ1) is 12.4. The Kier molecular flexibility index (Phi) is 3.38. The molecule has 1 aliphatic rings. The van der Waals surface area contributed by atoms with Crippen LogP contribution >= 0.6 is 0 Å². The van der Waals surface area contributed by atoms with Crippen molar-refractivity contribution in [2.75, 3.05) is 31.6 Å². The van der Waals surface area contributed by atoms with Crippen LogP contribution in [0.4, 0.5) is 5.95 Å². The molecule has 19 heavy (non-hydrogen) atoms. The van der Waals surface area contributed by atoms with Gasteiger partial charge in [-0.2, -0.15) is 4.98 Å². The van der Waals surface area contributed by atoms with Crippen LogP contribution in [-0.2, 0) is 0 Å². The van der Waals surface area contributed by atoms with Gasteiger partial charge in [-0.1, -0.05) is 6.07 Å². The Morgan fingerprint density at radius 2 is 2.16 bits per heavy atom. The highest BCUT2D eigenvalue weighted by Crippen LogP contribution is 2.16. The Balaban J connectivity index is 1.75. The number of aromatic nitrogens is 3. The summed E-state index contributed by atoms with van der Waals surface area (Å²) in [4.78, 5) is 6.76. The largest absolute Gasteiger partial charge is 0.342 e. The normalized spacial score (nSPS) is 16.9. The molecule has 0 radical (unpaired) electrons. The second kappa shape index (κ2) is 5.17. The lowest BCUT2D eigenvalue weighted by Crippen LogP contribution is -2.34. The monoisotopic (exact) mass is 259 g/mol. The van der Waals surface area contributed by atoms with Crippen LogP contribution in [0.1, 0.15) is 18.4 Å². The van der Waals surface area contributed by atoms with Crippen molar-refractivity contribution in [2.45, 2.75) is 19.8 Å². The third-order valence-corrected chi connectivity index (χ3v) is 3.80. The lowest BCUT2D eigenvalue weighted by Gasteiger charge is -2.26. The molecule has 0 unspecified atom stereocenters. The standard InChI is InChI=1S/C14H21N5/c1-11-3-4-13-16-14(17-19(13)9-11)18(2)10-12-5-7-15-8-6-12/h3-4,9,12,15H,5-8,10H2,1-2H3. The second-order valence-electron chi connectivity index (χ2n) is 5.49. The van der Waals surface area contributed by atoms with Gasteiger partial charge in [0.2, 0.25) is 5.95 Å². The van der Waals surface area contributed by atoms with Gasteiger partial charge in [0.25, 0.3) is 0 Å². The summed E-state index contributed by atoms with van der Waals surface area (Å²) in [5, 5.41) is 7.96. The predicted octanol–water partition coefficient (Wildman–Crippen LogP) is 1.47. The zero-order valence-electron chi connectivity index (χ0n) is 11.6. The predicted molar refractivity (Wildman–Crippen MR) is 76.6 cm³/mol. The number of rotatable bonds is 3. The maximum absolute atomic E-state index is 4.58. The van der Waals surface area contributed by atoms with Gasteiger partial charge in [0.05, 0.1) is 0 Å². The minimum absolute atomic E-state index is 0.750. The zero-order valence-corrected chi connectivity index (χ0v) is 11.6. The lowest BCUT2D eigenvalue weighted by molar-refractivity contribution is 0.377. The molecule has 5 nitrogen and oxygen atoms in total. The van der Waals surface area contributed by atoms with Crippen molar-refractivity contribution in [2.24, 2.45) is 5.92 Å². The fourth-order valence-corrected chi connectivity index (χ4v) is 2.67. The first-order valence-electron chi connectivity index (χ1n) is 6.97. The maximum Gasteiger partial charge on any atom is 0.245 e. The van der Waals surface area contributed by atoms with Crippen molar-refractivity contribution in [3.63, 3.8) is 0 Å². The van der Waals surface area contributed by atoms with E-state index in [9.17, 15) is 0 Å². The number of hydrogen-bond donors (Lipinski definition) is 1. The molecule has 2 aromatic rings. The number of hydrogen-bond acceptors (Lipinski definition) is 4. The van der Waals surface area contributed by atoms with Crippen molar-refractivity contribution >= 4 is 11.6 Å². The van der Waals surface area contributed by atoms with Crippen molar-refractivity contribution in [3.05, 3.63) is 23.9 Å². The number of anilines is 1. The van der Waals surface area contributed by atoms with Crippen LogP contribution in [0.3, 0.4) is 0 Å². The molecule has 1 N–H and O–H groups in total. The van der Waals surface area contributed by atoms with Crippen LogP contribution in [0.5, 0.6) is 0 Å². The minimum atomic E-state index is 0.750. The first-order chi connectivity index (χ1) is 9.22. The highest BCUT2D eigenvalue weighted by atomic mass is 15.4. The van der Waals surface area contributed by atoms with E-state index in [1.165, 1.54) is 18.4 Å². The Labute approximate surface area is 113 Å². The van der Waals surface area contributed by atoms with E-state index in [0.717, 1.165) is 37.1 Å². The summed E-state index contributed by atoms with van der Waals surface area (Å²) in [5.41, 5.74) is 2.11. The molecule has 0 aliphatic carbocycles. The van der Waals surface area contributed by atoms with Crippen LogP contribution in [0, 0.1) is 12.8 Å². The molecular formula is C14H21N5. The topological polar surface area (TPSA) is 45.5 Å². The Hall–Kier alpha value is -1.62. The number of nitrogens with one attached hydrogen (secondary N) is 1. The third kappa shape index (κ3) is 2.71. The molecular weight excluding hydrogens is 238 g/mol. The summed E-state index contributed by atoms with van der Waals surface area (Å²) in [6.45, 7) is 5.38. The molecule has 1 fully saturated rings. The Morgan fingerprint density at radius 1 is 1.37 bits per heavy atom. The maximum atomic E-state index is 4.58. The van der Waals surface area contributed by atoms with Gasteiger partial charge in [0, 0.05) is 19.8 Å². The quantitative estimate of drug-likeness (QED) is 0.907. The number of pyridine rings is 1. The molecule has 0 atom stereocenters. The number of piperidine rings is 1. The van der Waals surface area contributed by atoms with E-state index in [2.05, 4.69) is 40.3 Å². The van der Waals surface area contributed by atoms with Crippen LogP contribution in [0.25, 0.3) is 5.65 Å². The van der Waals surface area contributed by atoms with Crippen LogP contribution in [0.15, 0.2) is 18.3 Å². The lowest BCUT2D eigenvalue weighted by atomic mass is 9.98. The molecule has 102 valence electrons. The average Bonchev–Trinajstić information content (AvgIpc) is 2.83. The summed E-state index contributed by atoms with van der Waals surface area (Å²) in [7, 11) is 2.09. The van der Waals surface area contributed by atoms with Gasteiger partial charge in [0.1, 0.15) is 0 Å². The molecule has 5 heteroatoms. The van der Waals surface area contributed by atoms with E-state index < -0.39 is 0 Å². The van der Waals surface area contributed by atoms with Gasteiger partial charge in [-0.15, -0.1) is 5.10 Å². The first-order valence-corrected chi connectivity index (χ1v) is 6.97. The van der Waals surface area contributed by atoms with Crippen LogP contribution in [-0.4, -0.2) is 41.3 Å². The Morgan fingerprint density at radius 3 is 2.95 bits per heavy atom. The van der Waals surface area contributed by atoms with Gasteiger partial charge in [-0.3, -0.25) is 0 Å². The number of fused-ring (bicyclic) bond motifs is 1. The average molecular weight is 259 g/mol. The van der Waals surface area contributed by atoms with Crippen molar-refractivity contribution in [3.8, 4) is 0 Å². The van der Waals surface area contributed by atoms with Crippen molar-refractivity contribution in [1.82, 2.24) is 19.9 Å². The van der Waals surface area contributed by atoms with Crippen molar-refractivity contribution < 1.29 is 0 Å². The molecule has 0 spiro atoms. The molecule has 0 aromatic carbocycles. The summed E-state index contributed by atoms with van der Waals surface area (Å²) < 4.78 is 1.86. The summed E-state index contributed by atoms with van der Waals surface area (Å²) in [6.07, 6.45) is 4.51. The van der Waals surface area contributed by atoms with Gasteiger partial charge >= 0.3 is 0 Å². The van der Waals surface area contributed by atoms with Crippen LogP contribution < -0.4 is 10.2 Å². The van der Waals surface area contributed by atoms with E-state index in [1.54, 1.807) is 0 Å². The third-order valence-electron chi connectivity index (χ3n) is 3.80. The van der Waals surface area contributed by atoms with Gasteiger partial charge in [0.15, 0.2) is 5.65 Å². The zero-order chi connectivity index (χ0) is 13.2. The number of aryl methyl sites for hydroxylation is 1. The van der Waals surface area contributed by atoms with E-state index in [-0.39, 0.29) is 0 Å². The number of nitrogens with zero attached hydrogens (tertiary/aromatic N) is 4. The highest BCUT2D eigenvalue weighted by molar-refractivity contribution is 5.45. The highest BCUT2D eigenvalue weighted by Gasteiger charge is 2.17. The van der Waals surface area contributed by atoms with Crippen molar-refractivity contribution in [1.29, 1.82) is 0 Å². The second-order valence-corrected chi connectivity index (χ2v) is 5.49. The Bertz CT molecular complexity index is 556. The van der Waals surface area contributed by atoms with E-state index in [0.29, 0.717) is 0 Å². The van der Waals surface area contributed by atoms with E-state index in [1.807, 2.05) is 16.8 Å². The fourth-order valence-electron chi connectivity index (χ4n) is 2.67. The molecule has 0 bridgehead atoms. The summed E-state index contributed by atoms with van der Waals surface area (Å²) >= 11 is 0. The molecule has 2 aromatic heterocycles. The van der Waals surface area contributed by atoms with Gasteiger partial charge < -0.3 is 10.2 Å². The molecule has 0 saturated carbocycles. The van der Waals surface area contributed by atoms with E-state index in [4.69, 9.17) is 0 Å². The summed E-state index contributed by atoms with van der Waals surface area (Å²) in [6, 6.07) is 4.09. The van der Waals surface area contributed by atoms with Crippen LogP contribution in [0.2, 0.25) is 0 Å². The van der Waals surface area contributed by atoms with Gasteiger partial charge in [-0.25, -0.2) is 4.52 Å². The molecule has 1 aliphatic heterocycles. The molecule has 0 amide bonds. The fraction of sp³-hybridized carbons (Fsp3) is 0.571. The van der Waals surface area contributed by atoms with E-state index >= 15 is 0 Å². The minimum Gasteiger partial charge on any atom is -0.342 e. The summed E-state index contributed by atoms with van der Waals surface area (Å²) in [5.74, 6) is 1.57. The molecule has 1 saturated heterocycles. The SMILES string of the molecule is Cc1ccc2nc(N(C)CC3CCNCC3)nn2c1. The van der Waals surface area contributed by atoms with Gasteiger partial charge in [-0.05, 0) is 50.4 Å². The molecule has 3 rings (SSSR count).